The summed E-state index contributed by atoms with van der Waals surface area (Å²) in [5.74, 6) is 0. The Balaban J connectivity index is 1.87. The van der Waals surface area contributed by atoms with Crippen LogP contribution in [0.25, 0.3) is 28.1 Å². The zero-order valence-corrected chi connectivity index (χ0v) is 18.9. The number of halogens is 4. The first kappa shape index (κ1) is 23.7. The van der Waals surface area contributed by atoms with Crippen LogP contribution in [0.15, 0.2) is 65.8 Å². The highest BCUT2D eigenvalue weighted by molar-refractivity contribution is 7.89. The van der Waals surface area contributed by atoms with Gasteiger partial charge >= 0.3 is 6.18 Å². The Labute approximate surface area is 197 Å². The molecule has 0 aliphatic heterocycles. The highest BCUT2D eigenvalue weighted by Crippen LogP contribution is 2.35. The molecule has 174 valence electrons. The van der Waals surface area contributed by atoms with E-state index in [4.69, 9.17) is 11.6 Å². The van der Waals surface area contributed by atoms with E-state index in [1.165, 1.54) is 12.3 Å². The topological polar surface area (TPSA) is 101 Å². The number of nitriles is 1. The van der Waals surface area contributed by atoms with Crippen LogP contribution in [0.2, 0.25) is 5.02 Å². The SMILES string of the molecule is CC(NS(=O)(=O)c1ccc(-c2c(C#N)c3cc(Cl)cnc3n2-c2ccccc2)nc1)C(F)(F)F. The van der Waals surface area contributed by atoms with Crippen LogP contribution in [0.3, 0.4) is 0 Å². The largest absolute Gasteiger partial charge is 0.404 e. The van der Waals surface area contributed by atoms with Crippen LogP contribution in [0.5, 0.6) is 0 Å². The number of pyridine rings is 2. The third-order valence-electron chi connectivity index (χ3n) is 5.01. The van der Waals surface area contributed by atoms with Gasteiger partial charge in [0, 0.05) is 23.5 Å². The van der Waals surface area contributed by atoms with E-state index >= 15 is 0 Å². The van der Waals surface area contributed by atoms with E-state index in [1.807, 2.05) is 6.07 Å². The molecule has 1 aromatic carbocycles. The van der Waals surface area contributed by atoms with Gasteiger partial charge in [-0.2, -0.15) is 23.2 Å². The molecule has 12 heteroatoms. The number of alkyl halides is 3. The van der Waals surface area contributed by atoms with Crippen LogP contribution >= 0.6 is 11.6 Å². The average molecular weight is 506 g/mol. The lowest BCUT2D eigenvalue weighted by Gasteiger charge is -2.17. The van der Waals surface area contributed by atoms with Crippen LogP contribution in [-0.4, -0.2) is 35.2 Å². The fourth-order valence-corrected chi connectivity index (χ4v) is 4.70. The van der Waals surface area contributed by atoms with Gasteiger partial charge in [-0.1, -0.05) is 29.8 Å². The molecule has 0 aliphatic carbocycles. The van der Waals surface area contributed by atoms with Gasteiger partial charge < -0.3 is 0 Å². The lowest BCUT2D eigenvalue weighted by atomic mass is 10.1. The third kappa shape index (κ3) is 4.35. The fraction of sp³-hybridized carbons (Fsp3) is 0.136. The number of sulfonamides is 1. The van der Waals surface area contributed by atoms with E-state index in [0.29, 0.717) is 34.4 Å². The number of hydrogen-bond donors (Lipinski definition) is 1. The number of rotatable bonds is 5. The first-order valence-electron chi connectivity index (χ1n) is 9.74. The summed E-state index contributed by atoms with van der Waals surface area (Å²) in [6, 6.07) is 12.9. The Morgan fingerprint density at radius 1 is 1.12 bits per heavy atom. The second-order valence-electron chi connectivity index (χ2n) is 7.29. The highest BCUT2D eigenvalue weighted by atomic mass is 35.5. The Hall–Kier alpha value is -3.46. The van der Waals surface area contributed by atoms with Crippen molar-refractivity contribution in [3.63, 3.8) is 0 Å². The summed E-state index contributed by atoms with van der Waals surface area (Å²) in [6.07, 6.45) is -2.37. The van der Waals surface area contributed by atoms with Crippen molar-refractivity contribution in [3.05, 3.63) is 71.5 Å². The van der Waals surface area contributed by atoms with Gasteiger partial charge in [-0.3, -0.25) is 9.55 Å². The number of benzene rings is 1. The predicted molar refractivity (Wildman–Crippen MR) is 120 cm³/mol. The Morgan fingerprint density at radius 2 is 1.82 bits per heavy atom. The predicted octanol–water partition coefficient (Wildman–Crippen LogP) is 4.84. The lowest BCUT2D eigenvalue weighted by Crippen LogP contribution is -2.42. The van der Waals surface area contributed by atoms with Crippen molar-refractivity contribution in [3.8, 4) is 23.1 Å². The quantitative estimate of drug-likeness (QED) is 0.418. The summed E-state index contributed by atoms with van der Waals surface area (Å²) >= 11 is 6.10. The molecule has 0 saturated carbocycles. The smallest absolute Gasteiger partial charge is 0.291 e. The zero-order chi connectivity index (χ0) is 24.7. The molecule has 0 saturated heterocycles. The molecule has 0 fully saturated rings. The highest BCUT2D eigenvalue weighted by Gasteiger charge is 2.39. The first-order chi connectivity index (χ1) is 16.0. The van der Waals surface area contributed by atoms with Gasteiger partial charge in [0.1, 0.15) is 22.7 Å². The number of fused-ring (bicyclic) bond motifs is 1. The van der Waals surface area contributed by atoms with Crippen molar-refractivity contribution in [2.75, 3.05) is 0 Å². The maximum absolute atomic E-state index is 12.8. The molecule has 4 aromatic rings. The molecule has 0 spiro atoms. The summed E-state index contributed by atoms with van der Waals surface area (Å²) in [5, 5.41) is 10.7. The van der Waals surface area contributed by atoms with Gasteiger partial charge in [-0.05, 0) is 37.3 Å². The molecule has 4 rings (SSSR count). The second kappa shape index (κ2) is 8.72. The van der Waals surface area contributed by atoms with Gasteiger partial charge in [-0.15, -0.1) is 0 Å². The van der Waals surface area contributed by atoms with Gasteiger partial charge in [0.25, 0.3) is 0 Å². The first-order valence-corrected chi connectivity index (χ1v) is 11.6. The zero-order valence-electron chi connectivity index (χ0n) is 17.4. The molecule has 0 aliphatic rings. The molecule has 1 N–H and O–H groups in total. The Morgan fingerprint density at radius 3 is 2.41 bits per heavy atom. The van der Waals surface area contributed by atoms with E-state index in [2.05, 4.69) is 16.0 Å². The Bertz CT molecular complexity index is 1510. The minimum absolute atomic E-state index is 0.209. The van der Waals surface area contributed by atoms with E-state index in [1.54, 1.807) is 39.6 Å². The number of hydrogen-bond acceptors (Lipinski definition) is 5. The standard InChI is InChI=1S/C22H15ClF3N5O2S/c1-13(22(24,25)26)30-34(32,33)16-7-8-19(28-12-16)20-18(10-27)17-9-14(23)11-29-21(17)31(20)15-5-3-2-4-6-15/h2-9,11-13,30H,1H3. The lowest BCUT2D eigenvalue weighted by molar-refractivity contribution is -0.147. The number of aromatic nitrogens is 3. The van der Waals surface area contributed by atoms with Crippen molar-refractivity contribution in [2.24, 2.45) is 0 Å². The molecule has 3 heterocycles. The molecule has 1 unspecified atom stereocenters. The minimum Gasteiger partial charge on any atom is -0.291 e. The molecule has 34 heavy (non-hydrogen) atoms. The van der Waals surface area contributed by atoms with Crippen LogP contribution in [0.1, 0.15) is 12.5 Å². The van der Waals surface area contributed by atoms with E-state index < -0.39 is 27.1 Å². The van der Waals surface area contributed by atoms with Crippen LogP contribution in [0, 0.1) is 11.3 Å². The van der Waals surface area contributed by atoms with Gasteiger partial charge in [0.05, 0.1) is 22.0 Å². The van der Waals surface area contributed by atoms with E-state index in [9.17, 15) is 26.9 Å². The van der Waals surface area contributed by atoms with Gasteiger partial charge in [0.2, 0.25) is 10.0 Å². The van der Waals surface area contributed by atoms with Crippen molar-refractivity contribution >= 4 is 32.7 Å². The van der Waals surface area contributed by atoms with E-state index in [-0.39, 0.29) is 11.3 Å². The molecular formula is C22H15ClF3N5O2S. The maximum Gasteiger partial charge on any atom is 0.404 e. The molecular weight excluding hydrogens is 491 g/mol. The number of nitrogens with one attached hydrogen (secondary N) is 1. The van der Waals surface area contributed by atoms with Gasteiger partial charge in [0.15, 0.2) is 0 Å². The molecule has 0 amide bonds. The summed E-state index contributed by atoms with van der Waals surface area (Å²) in [5.41, 5.74) is 1.86. The summed E-state index contributed by atoms with van der Waals surface area (Å²) < 4.78 is 66.5. The number of para-hydroxylation sites is 1. The molecule has 7 nitrogen and oxygen atoms in total. The summed E-state index contributed by atoms with van der Waals surface area (Å²) in [7, 11) is -4.48. The third-order valence-corrected chi connectivity index (χ3v) is 6.75. The monoisotopic (exact) mass is 505 g/mol. The minimum atomic E-state index is -4.74. The second-order valence-corrected chi connectivity index (χ2v) is 9.45. The van der Waals surface area contributed by atoms with Crippen molar-refractivity contribution in [2.45, 2.75) is 24.0 Å². The number of nitrogens with zero attached hydrogens (tertiary/aromatic N) is 4. The fourth-order valence-electron chi connectivity index (χ4n) is 3.37. The van der Waals surface area contributed by atoms with Crippen LogP contribution in [0.4, 0.5) is 13.2 Å². The van der Waals surface area contributed by atoms with Gasteiger partial charge in [-0.25, -0.2) is 13.4 Å². The summed E-state index contributed by atoms with van der Waals surface area (Å²) in [4.78, 5) is 8.08. The molecule has 0 bridgehead atoms. The van der Waals surface area contributed by atoms with Crippen molar-refractivity contribution < 1.29 is 21.6 Å². The van der Waals surface area contributed by atoms with Crippen LogP contribution in [-0.2, 0) is 10.0 Å². The van der Waals surface area contributed by atoms with Crippen molar-refractivity contribution in [1.82, 2.24) is 19.3 Å². The normalized spacial score (nSPS) is 13.1. The summed E-state index contributed by atoms with van der Waals surface area (Å²) in [6.45, 7) is 0.703. The van der Waals surface area contributed by atoms with E-state index in [0.717, 1.165) is 12.3 Å². The molecule has 1 atom stereocenters. The maximum atomic E-state index is 12.8. The van der Waals surface area contributed by atoms with Crippen LogP contribution < -0.4 is 4.72 Å². The molecule has 0 radical (unpaired) electrons. The molecule has 3 aromatic heterocycles. The van der Waals surface area contributed by atoms with Crippen molar-refractivity contribution in [1.29, 1.82) is 5.26 Å². The Kier molecular flexibility index (Phi) is 6.07. The average Bonchev–Trinajstić information content (AvgIpc) is 3.12.